The predicted molar refractivity (Wildman–Crippen MR) is 125 cm³/mol. The van der Waals surface area contributed by atoms with E-state index in [4.69, 9.17) is 23.7 Å². The third-order valence-electron chi connectivity index (χ3n) is 5.32. The molecule has 184 valence electrons. The van der Waals surface area contributed by atoms with Crippen molar-refractivity contribution >= 4 is 11.8 Å². The molecule has 0 radical (unpaired) electrons. The summed E-state index contributed by atoms with van der Waals surface area (Å²) in [5.74, 6) is -0.405. The van der Waals surface area contributed by atoms with Crippen LogP contribution in [0.4, 0.5) is 0 Å². The van der Waals surface area contributed by atoms with Gasteiger partial charge in [0.25, 0.3) is 11.8 Å². The van der Waals surface area contributed by atoms with Gasteiger partial charge in [0.2, 0.25) is 0 Å². The van der Waals surface area contributed by atoms with Crippen molar-refractivity contribution in [2.45, 2.75) is 31.8 Å². The smallest absolute Gasteiger partial charge is 0.251 e. The number of methoxy groups -OCH3 is 2. The number of carbonyl (C=O) groups is 2. The normalized spacial score (nSPS) is 19.9. The Bertz CT molecular complexity index is 965. The molecule has 0 aromatic heterocycles. The topological polar surface area (TPSA) is 104 Å². The Hall–Kier alpha value is -3.14. The maximum absolute atomic E-state index is 12.8. The van der Waals surface area contributed by atoms with Crippen molar-refractivity contribution in [2.24, 2.45) is 0 Å². The maximum atomic E-state index is 12.8. The van der Waals surface area contributed by atoms with Crippen molar-refractivity contribution in [1.29, 1.82) is 0 Å². The highest BCUT2D eigenvalue weighted by Crippen LogP contribution is 2.27. The number of carbonyl (C=O) groups excluding carboxylic acids is 2. The van der Waals surface area contributed by atoms with Crippen molar-refractivity contribution in [3.63, 3.8) is 0 Å². The van der Waals surface area contributed by atoms with E-state index in [1.165, 1.54) is 14.2 Å². The highest BCUT2D eigenvalue weighted by atomic mass is 16.7. The molecule has 0 bridgehead atoms. The lowest BCUT2D eigenvalue weighted by molar-refractivity contribution is -0.277. The molecule has 9 nitrogen and oxygen atoms in total. The molecular formula is C25H32N2O7. The third kappa shape index (κ3) is 6.93. The zero-order chi connectivity index (χ0) is 24.6. The maximum Gasteiger partial charge on any atom is 0.251 e. The number of rotatable bonds is 8. The van der Waals surface area contributed by atoms with Crippen LogP contribution in [0.3, 0.4) is 0 Å². The number of benzene rings is 2. The first kappa shape index (κ1) is 25.5. The summed E-state index contributed by atoms with van der Waals surface area (Å²) in [4.78, 5) is 25.3. The first-order valence-corrected chi connectivity index (χ1v) is 11.1. The largest absolute Gasteiger partial charge is 0.493 e. The van der Waals surface area contributed by atoms with Crippen LogP contribution < -0.4 is 20.1 Å². The van der Waals surface area contributed by atoms with Crippen LogP contribution in [0.25, 0.3) is 0 Å². The van der Waals surface area contributed by atoms with E-state index >= 15 is 0 Å². The van der Waals surface area contributed by atoms with Crippen LogP contribution in [0.15, 0.2) is 48.5 Å². The summed E-state index contributed by atoms with van der Waals surface area (Å²) in [6.07, 6.45) is -1.07. The molecule has 2 amide bonds. The molecule has 2 atom stereocenters. The van der Waals surface area contributed by atoms with Crippen LogP contribution in [0.5, 0.6) is 11.5 Å². The van der Waals surface area contributed by atoms with Crippen LogP contribution in [0.2, 0.25) is 0 Å². The van der Waals surface area contributed by atoms with E-state index in [1.807, 2.05) is 19.9 Å². The quantitative estimate of drug-likeness (QED) is 0.608. The van der Waals surface area contributed by atoms with Crippen LogP contribution in [0.1, 0.15) is 34.6 Å². The van der Waals surface area contributed by atoms with Crippen molar-refractivity contribution < 1.29 is 33.3 Å². The molecule has 1 saturated heterocycles. The molecule has 2 N–H and O–H groups in total. The Morgan fingerprint density at radius 3 is 2.21 bits per heavy atom. The lowest BCUT2D eigenvalue weighted by Gasteiger charge is -2.37. The highest BCUT2D eigenvalue weighted by molar-refractivity contribution is 5.95. The molecule has 0 unspecified atom stereocenters. The van der Waals surface area contributed by atoms with Gasteiger partial charge in [-0.3, -0.25) is 9.59 Å². The fourth-order valence-corrected chi connectivity index (χ4v) is 3.59. The van der Waals surface area contributed by atoms with E-state index in [1.54, 1.807) is 42.5 Å². The molecule has 9 heteroatoms. The fraction of sp³-hybridized carbons (Fsp3) is 0.440. The molecule has 3 rings (SSSR count). The number of amides is 2. The zero-order valence-electron chi connectivity index (χ0n) is 20.0. The van der Waals surface area contributed by atoms with E-state index in [2.05, 4.69) is 10.6 Å². The van der Waals surface area contributed by atoms with Gasteiger partial charge in [0, 0.05) is 24.2 Å². The van der Waals surface area contributed by atoms with E-state index in [0.29, 0.717) is 35.8 Å². The lowest BCUT2D eigenvalue weighted by Crippen LogP contribution is -2.52. The van der Waals surface area contributed by atoms with Crippen molar-refractivity contribution in [2.75, 3.05) is 40.5 Å². The summed E-state index contributed by atoms with van der Waals surface area (Å²) in [5, 5.41) is 5.78. The van der Waals surface area contributed by atoms with E-state index in [-0.39, 0.29) is 24.9 Å². The molecule has 1 heterocycles. The summed E-state index contributed by atoms with van der Waals surface area (Å²) in [6.45, 7) is 4.64. The second-order valence-corrected chi connectivity index (χ2v) is 8.17. The van der Waals surface area contributed by atoms with Crippen molar-refractivity contribution in [1.82, 2.24) is 10.6 Å². The monoisotopic (exact) mass is 472 g/mol. The summed E-state index contributed by atoms with van der Waals surface area (Å²) in [6, 6.07) is 13.8. The van der Waals surface area contributed by atoms with E-state index < -0.39 is 18.0 Å². The van der Waals surface area contributed by atoms with Gasteiger partial charge in [0.1, 0.15) is 12.2 Å². The Kier molecular flexibility index (Phi) is 8.86. The van der Waals surface area contributed by atoms with Crippen LogP contribution in [0, 0.1) is 0 Å². The number of ether oxygens (including phenoxy) is 5. The summed E-state index contributed by atoms with van der Waals surface area (Å²) >= 11 is 0. The first-order valence-electron chi connectivity index (χ1n) is 11.1. The molecular weight excluding hydrogens is 440 g/mol. The SMILES string of the molecule is COc1ccc(C(=O)NC[C@H]2OCCOC(C)(C)O[C@H]2CNC(=O)c2ccccc2)cc1OC. The van der Waals surface area contributed by atoms with E-state index in [9.17, 15) is 9.59 Å². The van der Waals surface area contributed by atoms with Crippen molar-refractivity contribution in [3.8, 4) is 11.5 Å². The molecule has 2 aromatic carbocycles. The first-order chi connectivity index (χ1) is 16.3. The Morgan fingerprint density at radius 2 is 1.53 bits per heavy atom. The number of nitrogens with one attached hydrogen (secondary N) is 2. The molecule has 1 fully saturated rings. The van der Waals surface area contributed by atoms with Gasteiger partial charge < -0.3 is 34.3 Å². The predicted octanol–water partition coefficient (Wildman–Crippen LogP) is 2.40. The lowest BCUT2D eigenvalue weighted by atomic mass is 10.1. The number of hydrogen-bond acceptors (Lipinski definition) is 7. The van der Waals surface area contributed by atoms with Crippen LogP contribution in [-0.2, 0) is 14.2 Å². The second kappa shape index (κ2) is 11.8. The second-order valence-electron chi connectivity index (χ2n) is 8.17. The standard InChI is InChI=1S/C25H32N2O7/c1-25(2)33-13-12-32-21(22(34-25)16-27-23(28)17-8-6-5-7-9-17)15-26-24(29)18-10-11-19(30-3)20(14-18)31-4/h5-11,14,21-22H,12-13,15-16H2,1-4H3,(H,26,29)(H,27,28)/t21-,22+/m1/s1. The summed E-state index contributed by atoms with van der Waals surface area (Å²) < 4.78 is 28.3. The fourth-order valence-electron chi connectivity index (χ4n) is 3.59. The minimum Gasteiger partial charge on any atom is -0.493 e. The van der Waals surface area contributed by atoms with Crippen LogP contribution in [-0.4, -0.2) is 70.3 Å². The Labute approximate surface area is 199 Å². The van der Waals surface area contributed by atoms with Crippen LogP contribution >= 0.6 is 0 Å². The molecule has 0 spiro atoms. The third-order valence-corrected chi connectivity index (χ3v) is 5.32. The molecule has 1 aliphatic rings. The molecule has 34 heavy (non-hydrogen) atoms. The average molecular weight is 473 g/mol. The van der Waals surface area contributed by atoms with Gasteiger partial charge in [0.05, 0.1) is 27.4 Å². The summed E-state index contributed by atoms with van der Waals surface area (Å²) in [7, 11) is 3.04. The zero-order valence-corrected chi connectivity index (χ0v) is 20.0. The van der Waals surface area contributed by atoms with Gasteiger partial charge in [-0.2, -0.15) is 0 Å². The Morgan fingerprint density at radius 1 is 0.882 bits per heavy atom. The Balaban J connectivity index is 1.68. The van der Waals surface area contributed by atoms with Gasteiger partial charge in [-0.15, -0.1) is 0 Å². The van der Waals surface area contributed by atoms with Gasteiger partial charge in [-0.25, -0.2) is 0 Å². The van der Waals surface area contributed by atoms with Gasteiger partial charge in [-0.05, 0) is 44.2 Å². The van der Waals surface area contributed by atoms with Gasteiger partial charge >= 0.3 is 0 Å². The molecule has 2 aromatic rings. The van der Waals surface area contributed by atoms with E-state index in [0.717, 1.165) is 0 Å². The molecule has 0 saturated carbocycles. The average Bonchev–Trinajstić information content (AvgIpc) is 2.84. The highest BCUT2D eigenvalue weighted by Gasteiger charge is 2.33. The van der Waals surface area contributed by atoms with Gasteiger partial charge in [-0.1, -0.05) is 18.2 Å². The van der Waals surface area contributed by atoms with Crippen molar-refractivity contribution in [3.05, 3.63) is 59.7 Å². The minimum absolute atomic E-state index is 0.176. The minimum atomic E-state index is -0.877. The number of hydrogen-bond donors (Lipinski definition) is 2. The summed E-state index contributed by atoms with van der Waals surface area (Å²) in [5.41, 5.74) is 0.963. The molecule has 0 aliphatic carbocycles. The van der Waals surface area contributed by atoms with Gasteiger partial charge in [0.15, 0.2) is 17.3 Å². The molecule has 1 aliphatic heterocycles.